The molecule has 7 heteroatoms. The molecular weight excluding hydrogens is 362 g/mol. The summed E-state index contributed by atoms with van der Waals surface area (Å²) in [7, 11) is -3.62. The van der Waals surface area contributed by atoms with Crippen molar-refractivity contribution >= 4 is 15.4 Å². The molecule has 2 aromatic rings. The number of hydrogen-bond acceptors (Lipinski definition) is 5. The van der Waals surface area contributed by atoms with Crippen molar-refractivity contribution in [2.24, 2.45) is 0 Å². The molecule has 146 valence electrons. The summed E-state index contributed by atoms with van der Waals surface area (Å²) in [6.45, 7) is 8.80. The molecule has 1 aliphatic carbocycles. The highest BCUT2D eigenvalue weighted by atomic mass is 32.2. The van der Waals surface area contributed by atoms with Gasteiger partial charge in [0.15, 0.2) is 5.75 Å². The standard InChI is InChI=1S/C20H27N3O3S/c1-5-23-13-18(26-6-2)20(22-23)27(24,25)17-9-7-8-16(10-17)19-14(3)11-21-12-15(19)4/h10-13,17H,5-9H2,1-4H3. The van der Waals surface area contributed by atoms with Crippen LogP contribution in [0.25, 0.3) is 5.57 Å². The first-order valence-electron chi connectivity index (χ1n) is 9.44. The minimum atomic E-state index is -3.62. The minimum Gasteiger partial charge on any atom is -0.489 e. The maximum Gasteiger partial charge on any atom is 0.219 e. The fourth-order valence-corrected chi connectivity index (χ4v) is 5.41. The summed E-state index contributed by atoms with van der Waals surface area (Å²) >= 11 is 0. The van der Waals surface area contributed by atoms with Gasteiger partial charge in [0.2, 0.25) is 14.9 Å². The number of allylic oxidation sites excluding steroid dienone is 1. The lowest BCUT2D eigenvalue weighted by molar-refractivity contribution is 0.330. The average Bonchev–Trinajstić information content (AvgIpc) is 3.06. The number of hydrogen-bond donors (Lipinski definition) is 0. The Morgan fingerprint density at radius 2 is 1.93 bits per heavy atom. The summed E-state index contributed by atoms with van der Waals surface area (Å²) in [5.41, 5.74) is 4.35. The SMILES string of the molecule is CCOc1cn(CC)nc1S(=O)(=O)C1C=C(c2c(C)cncc2C)CCC1. The Bertz CT molecular complexity index is 941. The smallest absolute Gasteiger partial charge is 0.219 e. The number of nitrogens with zero attached hydrogens (tertiary/aromatic N) is 3. The monoisotopic (exact) mass is 389 g/mol. The second-order valence-corrected chi connectivity index (χ2v) is 8.99. The van der Waals surface area contributed by atoms with Crippen LogP contribution in [0.5, 0.6) is 5.75 Å². The molecule has 0 fully saturated rings. The normalized spacial score (nSPS) is 17.6. The fourth-order valence-electron chi connectivity index (χ4n) is 3.69. The van der Waals surface area contributed by atoms with Gasteiger partial charge in [-0.25, -0.2) is 8.42 Å². The molecule has 0 saturated heterocycles. The molecule has 0 saturated carbocycles. The van der Waals surface area contributed by atoms with E-state index in [9.17, 15) is 8.42 Å². The van der Waals surface area contributed by atoms with Crippen LogP contribution in [0.2, 0.25) is 0 Å². The van der Waals surface area contributed by atoms with Crippen molar-refractivity contribution in [2.75, 3.05) is 6.61 Å². The van der Waals surface area contributed by atoms with Crippen LogP contribution in [0.4, 0.5) is 0 Å². The lowest BCUT2D eigenvalue weighted by Gasteiger charge is -2.23. The summed E-state index contributed by atoms with van der Waals surface area (Å²) in [5.74, 6) is 0.344. The van der Waals surface area contributed by atoms with Crippen molar-refractivity contribution in [2.45, 2.75) is 63.8 Å². The van der Waals surface area contributed by atoms with Gasteiger partial charge in [0, 0.05) is 18.9 Å². The Morgan fingerprint density at radius 1 is 1.22 bits per heavy atom. The number of aromatic nitrogens is 3. The van der Waals surface area contributed by atoms with E-state index in [1.54, 1.807) is 10.9 Å². The van der Waals surface area contributed by atoms with Gasteiger partial charge in [-0.3, -0.25) is 9.67 Å². The van der Waals surface area contributed by atoms with Crippen molar-refractivity contribution in [1.82, 2.24) is 14.8 Å². The zero-order valence-corrected chi connectivity index (χ0v) is 17.2. The van der Waals surface area contributed by atoms with Gasteiger partial charge in [0.1, 0.15) is 0 Å². The highest BCUT2D eigenvalue weighted by molar-refractivity contribution is 7.92. The molecule has 1 atom stereocenters. The van der Waals surface area contributed by atoms with E-state index in [2.05, 4.69) is 10.1 Å². The fraction of sp³-hybridized carbons (Fsp3) is 0.500. The van der Waals surface area contributed by atoms with Crippen LogP contribution in [0.3, 0.4) is 0 Å². The van der Waals surface area contributed by atoms with E-state index in [0.717, 1.165) is 35.1 Å². The van der Waals surface area contributed by atoms with Crippen LogP contribution in [-0.2, 0) is 16.4 Å². The maximum absolute atomic E-state index is 13.3. The van der Waals surface area contributed by atoms with Crippen LogP contribution < -0.4 is 4.74 Å². The average molecular weight is 390 g/mol. The number of pyridine rings is 1. The van der Waals surface area contributed by atoms with Gasteiger partial charge < -0.3 is 4.74 Å². The number of sulfone groups is 1. The highest BCUT2D eigenvalue weighted by Crippen LogP contribution is 2.36. The Labute approximate surface area is 161 Å². The Kier molecular flexibility index (Phi) is 5.69. The molecule has 2 aromatic heterocycles. The molecule has 3 rings (SSSR count). The Hall–Kier alpha value is -2.15. The van der Waals surface area contributed by atoms with Crippen LogP contribution in [0, 0.1) is 13.8 Å². The lowest BCUT2D eigenvalue weighted by atomic mass is 9.89. The quantitative estimate of drug-likeness (QED) is 0.753. The van der Waals surface area contributed by atoms with Crippen molar-refractivity contribution < 1.29 is 13.2 Å². The zero-order valence-electron chi connectivity index (χ0n) is 16.4. The molecule has 2 heterocycles. The topological polar surface area (TPSA) is 74.1 Å². The molecule has 0 bridgehead atoms. The largest absolute Gasteiger partial charge is 0.489 e. The summed E-state index contributed by atoms with van der Waals surface area (Å²) in [4.78, 5) is 4.22. The summed E-state index contributed by atoms with van der Waals surface area (Å²) < 4.78 is 33.9. The van der Waals surface area contributed by atoms with Gasteiger partial charge in [-0.05, 0) is 69.2 Å². The van der Waals surface area contributed by atoms with Crippen LogP contribution in [0.15, 0.2) is 29.7 Å². The molecule has 0 aliphatic heterocycles. The third kappa shape index (κ3) is 3.78. The maximum atomic E-state index is 13.3. The zero-order chi connectivity index (χ0) is 19.6. The van der Waals surface area contributed by atoms with E-state index in [1.165, 1.54) is 0 Å². The summed E-state index contributed by atoms with van der Waals surface area (Å²) in [6, 6.07) is 0. The van der Waals surface area contributed by atoms with E-state index in [4.69, 9.17) is 4.74 Å². The third-order valence-electron chi connectivity index (χ3n) is 4.96. The van der Waals surface area contributed by atoms with Gasteiger partial charge in [-0.1, -0.05) is 6.08 Å². The van der Waals surface area contributed by atoms with Crippen LogP contribution >= 0.6 is 0 Å². The first-order chi connectivity index (χ1) is 12.9. The predicted molar refractivity (Wildman–Crippen MR) is 106 cm³/mol. The summed E-state index contributed by atoms with van der Waals surface area (Å²) in [5, 5.41) is 3.75. The molecule has 27 heavy (non-hydrogen) atoms. The van der Waals surface area contributed by atoms with E-state index in [1.807, 2.05) is 46.2 Å². The second kappa shape index (κ2) is 7.84. The van der Waals surface area contributed by atoms with E-state index in [-0.39, 0.29) is 5.03 Å². The predicted octanol–water partition coefficient (Wildman–Crippen LogP) is 3.72. The molecular formula is C20H27N3O3S. The second-order valence-electron chi connectivity index (χ2n) is 6.90. The van der Waals surface area contributed by atoms with Gasteiger partial charge in [-0.15, -0.1) is 0 Å². The molecule has 0 N–H and O–H groups in total. The molecule has 0 spiro atoms. The van der Waals surface area contributed by atoms with Crippen LogP contribution in [0.1, 0.15) is 49.8 Å². The van der Waals surface area contributed by atoms with Crippen LogP contribution in [-0.4, -0.2) is 35.0 Å². The number of ether oxygens (including phenoxy) is 1. The van der Waals surface area contributed by atoms with Crippen molar-refractivity contribution in [3.8, 4) is 5.75 Å². The van der Waals surface area contributed by atoms with Gasteiger partial charge in [0.05, 0.1) is 18.1 Å². The third-order valence-corrected chi connectivity index (χ3v) is 6.95. The van der Waals surface area contributed by atoms with Crippen molar-refractivity contribution in [1.29, 1.82) is 0 Å². The number of aryl methyl sites for hydroxylation is 3. The van der Waals surface area contributed by atoms with Gasteiger partial charge >= 0.3 is 0 Å². The first kappa shape index (κ1) is 19.6. The van der Waals surface area contributed by atoms with Crippen molar-refractivity contribution in [3.63, 3.8) is 0 Å². The molecule has 1 aliphatic rings. The van der Waals surface area contributed by atoms with E-state index in [0.29, 0.717) is 25.3 Å². The van der Waals surface area contributed by atoms with Gasteiger partial charge in [0.25, 0.3) is 0 Å². The van der Waals surface area contributed by atoms with Gasteiger partial charge in [-0.2, -0.15) is 5.10 Å². The molecule has 0 amide bonds. The van der Waals surface area contributed by atoms with Crippen molar-refractivity contribution in [3.05, 3.63) is 41.4 Å². The highest BCUT2D eigenvalue weighted by Gasteiger charge is 2.34. The molecule has 0 aromatic carbocycles. The Morgan fingerprint density at radius 3 is 2.56 bits per heavy atom. The summed E-state index contributed by atoms with van der Waals surface area (Å²) in [6.07, 6.45) is 9.54. The first-order valence-corrected chi connectivity index (χ1v) is 11.0. The minimum absolute atomic E-state index is 0.0527. The lowest BCUT2D eigenvalue weighted by Crippen LogP contribution is -2.23. The number of rotatable bonds is 6. The van der Waals surface area contributed by atoms with E-state index < -0.39 is 15.1 Å². The molecule has 0 radical (unpaired) electrons. The Balaban J connectivity index is 2.04. The molecule has 1 unspecified atom stereocenters. The molecule has 6 nitrogen and oxygen atoms in total. The van der Waals surface area contributed by atoms with E-state index >= 15 is 0 Å².